The maximum absolute atomic E-state index is 11.9. The Bertz CT molecular complexity index is 672. The van der Waals surface area contributed by atoms with Crippen molar-refractivity contribution in [3.05, 3.63) is 64.7 Å². The zero-order valence-electron chi connectivity index (χ0n) is 12.1. The summed E-state index contributed by atoms with van der Waals surface area (Å²) in [4.78, 5) is 22.8. The number of ether oxygens (including phenoxy) is 1. The third-order valence-electron chi connectivity index (χ3n) is 3.13. The highest BCUT2D eigenvalue weighted by Gasteiger charge is 2.11. The van der Waals surface area contributed by atoms with Crippen molar-refractivity contribution in [3.63, 3.8) is 0 Å². The molecule has 0 bridgehead atoms. The van der Waals surface area contributed by atoms with Gasteiger partial charge in [-0.05, 0) is 36.8 Å². The third-order valence-corrected chi connectivity index (χ3v) is 3.37. The minimum atomic E-state index is -0.270. The molecule has 1 atom stereocenters. The second-order valence-electron chi connectivity index (χ2n) is 4.79. The molecule has 0 fully saturated rings. The van der Waals surface area contributed by atoms with Crippen molar-refractivity contribution in [3.8, 4) is 5.75 Å². The van der Waals surface area contributed by atoms with Crippen LogP contribution in [0.5, 0.6) is 5.75 Å². The smallest absolute Gasteiger partial charge is 0.258 e. The Labute approximate surface area is 134 Å². The number of rotatable bonds is 6. The molecular weight excluding hydrogens is 302 g/mol. The Hall–Kier alpha value is -2.33. The Morgan fingerprint density at radius 3 is 2.77 bits per heavy atom. The van der Waals surface area contributed by atoms with Gasteiger partial charge in [-0.1, -0.05) is 35.9 Å². The zero-order chi connectivity index (χ0) is 15.9. The molecule has 5 heteroatoms. The summed E-state index contributed by atoms with van der Waals surface area (Å²) in [5.74, 6) is 0.122. The molecule has 0 aliphatic heterocycles. The van der Waals surface area contributed by atoms with E-state index in [1.54, 1.807) is 36.4 Å². The van der Waals surface area contributed by atoms with Crippen molar-refractivity contribution >= 4 is 23.8 Å². The number of hydrogen-bond donors (Lipinski definition) is 1. The number of nitrogens with one attached hydrogen (secondary N) is 1. The van der Waals surface area contributed by atoms with Gasteiger partial charge in [0.15, 0.2) is 12.9 Å². The Morgan fingerprint density at radius 2 is 2.05 bits per heavy atom. The molecule has 0 aromatic heterocycles. The molecule has 2 aromatic rings. The number of para-hydroxylation sites is 1. The largest absolute Gasteiger partial charge is 0.483 e. The van der Waals surface area contributed by atoms with Crippen molar-refractivity contribution in [1.82, 2.24) is 5.32 Å². The quantitative estimate of drug-likeness (QED) is 0.831. The second-order valence-corrected chi connectivity index (χ2v) is 5.22. The molecule has 0 aliphatic carbocycles. The highest BCUT2D eigenvalue weighted by atomic mass is 35.5. The molecule has 0 saturated carbocycles. The van der Waals surface area contributed by atoms with E-state index in [9.17, 15) is 9.59 Å². The molecule has 0 heterocycles. The predicted molar refractivity (Wildman–Crippen MR) is 85.3 cm³/mol. The van der Waals surface area contributed by atoms with Crippen molar-refractivity contribution < 1.29 is 14.3 Å². The van der Waals surface area contributed by atoms with Gasteiger partial charge >= 0.3 is 0 Å². The summed E-state index contributed by atoms with van der Waals surface area (Å²) < 4.78 is 5.38. The van der Waals surface area contributed by atoms with E-state index in [0.29, 0.717) is 22.6 Å². The normalized spacial score (nSPS) is 11.5. The van der Waals surface area contributed by atoms with Gasteiger partial charge in [-0.3, -0.25) is 9.59 Å². The first-order valence-electron chi connectivity index (χ1n) is 6.82. The molecule has 1 amide bonds. The van der Waals surface area contributed by atoms with Gasteiger partial charge in [0, 0.05) is 5.02 Å². The first-order chi connectivity index (χ1) is 10.6. The van der Waals surface area contributed by atoms with E-state index in [-0.39, 0.29) is 18.6 Å². The van der Waals surface area contributed by atoms with Crippen molar-refractivity contribution in [2.45, 2.75) is 13.0 Å². The number of benzene rings is 2. The summed E-state index contributed by atoms with van der Waals surface area (Å²) in [7, 11) is 0. The monoisotopic (exact) mass is 317 g/mol. The maximum atomic E-state index is 11.9. The van der Waals surface area contributed by atoms with Crippen LogP contribution in [-0.4, -0.2) is 18.8 Å². The van der Waals surface area contributed by atoms with Crippen LogP contribution < -0.4 is 10.1 Å². The molecule has 0 saturated heterocycles. The van der Waals surface area contributed by atoms with Crippen LogP contribution in [0.25, 0.3) is 0 Å². The molecule has 1 N–H and O–H groups in total. The third kappa shape index (κ3) is 4.33. The van der Waals surface area contributed by atoms with Crippen LogP contribution in [0.15, 0.2) is 48.5 Å². The molecular formula is C17H16ClNO3. The SMILES string of the molecule is C[C@@H](NC(=O)COc1ccccc1C=O)c1cccc(Cl)c1. The lowest BCUT2D eigenvalue weighted by atomic mass is 10.1. The number of carbonyl (C=O) groups excluding carboxylic acids is 2. The van der Waals surface area contributed by atoms with Crippen LogP contribution in [-0.2, 0) is 4.79 Å². The minimum Gasteiger partial charge on any atom is -0.483 e. The van der Waals surface area contributed by atoms with Gasteiger partial charge in [0.2, 0.25) is 0 Å². The summed E-state index contributed by atoms with van der Waals surface area (Å²) in [6.45, 7) is 1.71. The average molecular weight is 318 g/mol. The van der Waals surface area contributed by atoms with Gasteiger partial charge in [-0.2, -0.15) is 0 Å². The number of halogens is 1. The average Bonchev–Trinajstić information content (AvgIpc) is 2.53. The first-order valence-corrected chi connectivity index (χ1v) is 7.20. The number of carbonyl (C=O) groups is 2. The van der Waals surface area contributed by atoms with E-state index in [1.165, 1.54) is 0 Å². The topological polar surface area (TPSA) is 55.4 Å². The molecule has 0 aliphatic rings. The zero-order valence-corrected chi connectivity index (χ0v) is 12.8. The molecule has 114 valence electrons. The van der Waals surface area contributed by atoms with Gasteiger partial charge in [0.05, 0.1) is 11.6 Å². The van der Waals surface area contributed by atoms with Crippen LogP contribution >= 0.6 is 11.6 Å². The fourth-order valence-electron chi connectivity index (χ4n) is 2.00. The van der Waals surface area contributed by atoms with E-state index < -0.39 is 0 Å². The fraction of sp³-hybridized carbons (Fsp3) is 0.176. The molecule has 2 aromatic carbocycles. The fourth-order valence-corrected chi connectivity index (χ4v) is 2.19. The Balaban J connectivity index is 1.91. The van der Waals surface area contributed by atoms with Crippen molar-refractivity contribution in [1.29, 1.82) is 0 Å². The highest BCUT2D eigenvalue weighted by Crippen LogP contribution is 2.18. The van der Waals surface area contributed by atoms with Crippen molar-refractivity contribution in [2.75, 3.05) is 6.61 Å². The first kappa shape index (κ1) is 16.0. The number of hydrogen-bond acceptors (Lipinski definition) is 3. The predicted octanol–water partition coefficient (Wildman–Crippen LogP) is 3.41. The molecule has 0 spiro atoms. The van der Waals surface area contributed by atoms with Crippen molar-refractivity contribution in [2.24, 2.45) is 0 Å². The summed E-state index contributed by atoms with van der Waals surface area (Å²) in [5.41, 5.74) is 1.33. The number of amides is 1. The van der Waals surface area contributed by atoms with Crippen LogP contribution in [0, 0.1) is 0 Å². The highest BCUT2D eigenvalue weighted by molar-refractivity contribution is 6.30. The standard InChI is InChI=1S/C17H16ClNO3/c1-12(13-6-4-7-15(18)9-13)19-17(21)11-22-16-8-3-2-5-14(16)10-20/h2-10,12H,11H2,1H3,(H,19,21)/t12-/m1/s1. The van der Waals surface area contributed by atoms with Gasteiger partial charge in [0.25, 0.3) is 5.91 Å². The van der Waals surface area contributed by atoms with E-state index >= 15 is 0 Å². The Morgan fingerprint density at radius 1 is 1.27 bits per heavy atom. The van der Waals surface area contributed by atoms with Gasteiger partial charge in [-0.15, -0.1) is 0 Å². The van der Waals surface area contributed by atoms with E-state index in [2.05, 4.69) is 5.32 Å². The Kier molecular flexibility index (Phi) is 5.55. The molecule has 4 nitrogen and oxygen atoms in total. The summed E-state index contributed by atoms with van der Waals surface area (Å²) >= 11 is 5.93. The number of aldehydes is 1. The molecule has 22 heavy (non-hydrogen) atoms. The lowest BCUT2D eigenvalue weighted by Crippen LogP contribution is -2.31. The summed E-state index contributed by atoms with van der Waals surface area (Å²) in [5, 5.41) is 3.44. The van der Waals surface area contributed by atoms with E-state index in [4.69, 9.17) is 16.3 Å². The van der Waals surface area contributed by atoms with Gasteiger partial charge < -0.3 is 10.1 Å². The lowest BCUT2D eigenvalue weighted by Gasteiger charge is -2.15. The van der Waals surface area contributed by atoms with E-state index in [1.807, 2.05) is 19.1 Å². The van der Waals surface area contributed by atoms with Crippen LogP contribution in [0.2, 0.25) is 5.02 Å². The maximum Gasteiger partial charge on any atom is 0.258 e. The second kappa shape index (κ2) is 7.61. The van der Waals surface area contributed by atoms with E-state index in [0.717, 1.165) is 5.56 Å². The summed E-state index contributed by atoms with van der Waals surface area (Å²) in [6, 6.07) is 13.9. The minimum absolute atomic E-state index is 0.157. The summed E-state index contributed by atoms with van der Waals surface area (Å²) in [6.07, 6.45) is 0.696. The van der Waals surface area contributed by atoms with Gasteiger partial charge in [-0.25, -0.2) is 0 Å². The molecule has 0 unspecified atom stereocenters. The lowest BCUT2D eigenvalue weighted by molar-refractivity contribution is -0.123. The van der Waals surface area contributed by atoms with Crippen LogP contribution in [0.4, 0.5) is 0 Å². The molecule has 0 radical (unpaired) electrons. The molecule has 2 rings (SSSR count). The van der Waals surface area contributed by atoms with Gasteiger partial charge in [0.1, 0.15) is 5.75 Å². The van der Waals surface area contributed by atoms with Crippen LogP contribution in [0.1, 0.15) is 28.9 Å². The van der Waals surface area contributed by atoms with Crippen LogP contribution in [0.3, 0.4) is 0 Å².